The van der Waals surface area contributed by atoms with Crippen LogP contribution >= 0.6 is 11.6 Å². The lowest BCUT2D eigenvalue weighted by atomic mass is 10.0. The quantitative estimate of drug-likeness (QED) is 0.429. The van der Waals surface area contributed by atoms with Crippen LogP contribution in [-0.2, 0) is 9.47 Å². The molecule has 2 aromatic carbocycles. The first kappa shape index (κ1) is 25.5. The molecule has 4 rings (SSSR count). The van der Waals surface area contributed by atoms with E-state index in [9.17, 15) is 10.1 Å². The standard InChI is InChI=1S/C26H28ClN5O4/c1-18-25(17-29-32(18)22-6-3-20(27)4-7-22)36-26(33)30-21-5-8-24(19(15-21)16-28)31-11-9-23(10-12-31)35-14-13-34-2/h3-8,15,17,23H,9-14H2,1-2H3,(H,30,33). The van der Waals surface area contributed by atoms with Gasteiger partial charge in [-0.2, -0.15) is 10.4 Å². The van der Waals surface area contributed by atoms with Crippen molar-refractivity contribution in [2.75, 3.05) is 43.6 Å². The van der Waals surface area contributed by atoms with Gasteiger partial charge in [0.05, 0.1) is 48.1 Å². The molecule has 1 amide bonds. The summed E-state index contributed by atoms with van der Waals surface area (Å²) >= 11 is 5.95. The number of hydrogen-bond donors (Lipinski definition) is 1. The first-order valence-corrected chi connectivity index (χ1v) is 12.1. The van der Waals surface area contributed by atoms with Crippen molar-refractivity contribution in [3.63, 3.8) is 0 Å². The molecule has 0 unspecified atom stereocenters. The van der Waals surface area contributed by atoms with Crippen molar-refractivity contribution >= 4 is 29.1 Å². The normalized spacial score (nSPS) is 13.9. The second kappa shape index (κ2) is 11.9. The molecular formula is C26H28ClN5O4. The Morgan fingerprint density at radius 2 is 1.94 bits per heavy atom. The zero-order chi connectivity index (χ0) is 25.5. The number of anilines is 2. The number of halogens is 1. The van der Waals surface area contributed by atoms with E-state index in [1.54, 1.807) is 43.0 Å². The van der Waals surface area contributed by atoms with Crippen molar-refractivity contribution in [1.82, 2.24) is 9.78 Å². The maximum Gasteiger partial charge on any atom is 0.417 e. The van der Waals surface area contributed by atoms with Gasteiger partial charge in [0.1, 0.15) is 6.07 Å². The fourth-order valence-corrected chi connectivity index (χ4v) is 4.25. The minimum Gasteiger partial charge on any atom is -0.406 e. The fraction of sp³-hybridized carbons (Fsp3) is 0.346. The van der Waals surface area contributed by atoms with Crippen molar-refractivity contribution in [1.29, 1.82) is 5.26 Å². The van der Waals surface area contributed by atoms with E-state index in [1.807, 2.05) is 18.2 Å². The van der Waals surface area contributed by atoms with Gasteiger partial charge >= 0.3 is 6.09 Å². The maximum atomic E-state index is 12.6. The molecule has 1 aliphatic rings. The van der Waals surface area contributed by atoms with Gasteiger partial charge in [0, 0.05) is 30.9 Å². The number of amides is 1. The summed E-state index contributed by atoms with van der Waals surface area (Å²) in [5, 5.41) is 17.3. The molecular weight excluding hydrogens is 482 g/mol. The van der Waals surface area contributed by atoms with Crippen LogP contribution in [0.5, 0.6) is 5.75 Å². The number of benzene rings is 2. The van der Waals surface area contributed by atoms with Gasteiger partial charge in [-0.05, 0) is 62.2 Å². The Balaban J connectivity index is 1.37. The van der Waals surface area contributed by atoms with Gasteiger partial charge in [0.2, 0.25) is 0 Å². The van der Waals surface area contributed by atoms with Crippen LogP contribution in [-0.4, -0.2) is 55.4 Å². The van der Waals surface area contributed by atoms with Gasteiger partial charge < -0.3 is 19.1 Å². The number of carbonyl (C=O) groups is 1. The summed E-state index contributed by atoms with van der Waals surface area (Å²) in [6.07, 6.45) is 2.77. The topological polar surface area (TPSA) is 102 Å². The molecule has 1 N–H and O–H groups in total. The molecule has 2 heterocycles. The molecule has 0 aliphatic carbocycles. The lowest BCUT2D eigenvalue weighted by molar-refractivity contribution is 0.00610. The summed E-state index contributed by atoms with van der Waals surface area (Å²) in [6, 6.07) is 14.7. The number of aromatic nitrogens is 2. The van der Waals surface area contributed by atoms with Gasteiger partial charge in [-0.3, -0.25) is 5.32 Å². The van der Waals surface area contributed by atoms with E-state index in [1.165, 1.54) is 6.20 Å². The second-order valence-electron chi connectivity index (χ2n) is 8.39. The number of nitrogens with one attached hydrogen (secondary N) is 1. The average molecular weight is 510 g/mol. The monoisotopic (exact) mass is 509 g/mol. The minimum absolute atomic E-state index is 0.199. The Labute approximate surface area is 215 Å². The second-order valence-corrected chi connectivity index (χ2v) is 8.83. The molecule has 0 spiro atoms. The molecule has 0 radical (unpaired) electrons. The third-order valence-corrected chi connectivity index (χ3v) is 6.28. The van der Waals surface area contributed by atoms with E-state index in [2.05, 4.69) is 21.4 Å². The van der Waals surface area contributed by atoms with E-state index >= 15 is 0 Å². The number of piperidine rings is 1. The third-order valence-electron chi connectivity index (χ3n) is 6.03. The van der Waals surface area contributed by atoms with E-state index in [0.717, 1.165) is 37.3 Å². The summed E-state index contributed by atoms with van der Waals surface area (Å²) in [7, 11) is 1.66. The smallest absolute Gasteiger partial charge is 0.406 e. The van der Waals surface area contributed by atoms with Crippen LogP contribution in [0.2, 0.25) is 5.02 Å². The Hall–Kier alpha value is -3.58. The van der Waals surface area contributed by atoms with Crippen LogP contribution in [0.25, 0.3) is 5.69 Å². The van der Waals surface area contributed by atoms with E-state index in [0.29, 0.717) is 40.9 Å². The third kappa shape index (κ3) is 6.15. The van der Waals surface area contributed by atoms with Crippen LogP contribution in [0.4, 0.5) is 16.2 Å². The lowest BCUT2D eigenvalue weighted by Crippen LogP contribution is -2.37. The van der Waals surface area contributed by atoms with Crippen molar-refractivity contribution < 1.29 is 19.0 Å². The van der Waals surface area contributed by atoms with Crippen molar-refractivity contribution in [2.24, 2.45) is 0 Å². The number of methoxy groups -OCH3 is 1. The number of hydrogen-bond acceptors (Lipinski definition) is 7. The van der Waals surface area contributed by atoms with Crippen molar-refractivity contribution in [3.8, 4) is 17.5 Å². The number of carbonyl (C=O) groups excluding carboxylic acids is 1. The van der Waals surface area contributed by atoms with Gasteiger partial charge in [0.25, 0.3) is 0 Å². The van der Waals surface area contributed by atoms with E-state index < -0.39 is 6.09 Å². The fourth-order valence-electron chi connectivity index (χ4n) is 4.12. The molecule has 10 heteroatoms. The summed E-state index contributed by atoms with van der Waals surface area (Å²) in [6.45, 7) is 4.55. The number of nitriles is 1. The molecule has 0 atom stereocenters. The first-order chi connectivity index (χ1) is 17.5. The molecule has 1 aliphatic heterocycles. The molecule has 1 saturated heterocycles. The predicted molar refractivity (Wildman–Crippen MR) is 137 cm³/mol. The zero-order valence-corrected chi connectivity index (χ0v) is 21.0. The first-order valence-electron chi connectivity index (χ1n) is 11.7. The Bertz CT molecular complexity index is 1230. The zero-order valence-electron chi connectivity index (χ0n) is 20.2. The number of ether oxygens (including phenoxy) is 3. The van der Waals surface area contributed by atoms with E-state index in [-0.39, 0.29) is 6.10 Å². The Morgan fingerprint density at radius 3 is 2.64 bits per heavy atom. The molecule has 1 fully saturated rings. The van der Waals surface area contributed by atoms with Gasteiger partial charge in [0.15, 0.2) is 5.75 Å². The Kier molecular flexibility index (Phi) is 8.44. The summed E-state index contributed by atoms with van der Waals surface area (Å²) in [5.41, 5.74) is 3.26. The van der Waals surface area contributed by atoms with Crippen LogP contribution in [0, 0.1) is 18.3 Å². The van der Waals surface area contributed by atoms with Crippen LogP contribution < -0.4 is 15.0 Å². The van der Waals surface area contributed by atoms with Gasteiger partial charge in [-0.25, -0.2) is 9.48 Å². The number of rotatable bonds is 8. The van der Waals surface area contributed by atoms with E-state index in [4.69, 9.17) is 25.8 Å². The molecule has 0 bridgehead atoms. The average Bonchev–Trinajstić information content (AvgIpc) is 3.24. The van der Waals surface area contributed by atoms with Crippen LogP contribution in [0.3, 0.4) is 0 Å². The molecule has 9 nitrogen and oxygen atoms in total. The summed E-state index contributed by atoms with van der Waals surface area (Å²) in [4.78, 5) is 14.7. The van der Waals surface area contributed by atoms with Crippen LogP contribution in [0.15, 0.2) is 48.7 Å². The minimum atomic E-state index is -0.667. The Morgan fingerprint density at radius 1 is 1.19 bits per heavy atom. The molecule has 0 saturated carbocycles. The lowest BCUT2D eigenvalue weighted by Gasteiger charge is -2.34. The van der Waals surface area contributed by atoms with Crippen molar-refractivity contribution in [2.45, 2.75) is 25.9 Å². The predicted octanol–water partition coefficient (Wildman–Crippen LogP) is 4.95. The van der Waals surface area contributed by atoms with Gasteiger partial charge in [-0.15, -0.1) is 0 Å². The molecule has 3 aromatic rings. The van der Waals surface area contributed by atoms with Gasteiger partial charge in [-0.1, -0.05) is 11.6 Å². The molecule has 1 aromatic heterocycles. The highest BCUT2D eigenvalue weighted by Crippen LogP contribution is 2.28. The molecule has 36 heavy (non-hydrogen) atoms. The highest BCUT2D eigenvalue weighted by atomic mass is 35.5. The number of nitrogens with zero attached hydrogens (tertiary/aromatic N) is 4. The summed E-state index contributed by atoms with van der Waals surface area (Å²) in [5.74, 6) is 0.329. The highest BCUT2D eigenvalue weighted by Gasteiger charge is 2.22. The van der Waals surface area contributed by atoms with Crippen LogP contribution in [0.1, 0.15) is 24.1 Å². The molecule has 188 valence electrons. The SMILES string of the molecule is COCCOC1CCN(c2ccc(NC(=O)Oc3cnn(-c4ccc(Cl)cc4)c3C)cc2C#N)CC1. The van der Waals surface area contributed by atoms with Crippen molar-refractivity contribution in [3.05, 3.63) is 64.9 Å². The highest BCUT2D eigenvalue weighted by molar-refractivity contribution is 6.30. The summed E-state index contributed by atoms with van der Waals surface area (Å²) < 4.78 is 18.0. The largest absolute Gasteiger partial charge is 0.417 e. The maximum absolute atomic E-state index is 12.6.